The number of hydrogen-bond donors (Lipinski definition) is 3. The van der Waals surface area contributed by atoms with Gasteiger partial charge in [-0.15, -0.1) is 0 Å². The van der Waals surface area contributed by atoms with Crippen molar-refractivity contribution < 1.29 is 41.0 Å². The van der Waals surface area contributed by atoms with E-state index in [0.29, 0.717) is 79.6 Å². The van der Waals surface area contributed by atoms with E-state index in [2.05, 4.69) is 53.0 Å². The van der Waals surface area contributed by atoms with Crippen molar-refractivity contribution in [3.05, 3.63) is 154 Å². The Hall–Kier alpha value is -7.04. The molecule has 0 spiro atoms. The van der Waals surface area contributed by atoms with E-state index in [1.165, 1.54) is 17.0 Å². The van der Waals surface area contributed by atoms with E-state index in [1.54, 1.807) is 22.9 Å². The number of rotatable bonds is 20. The molecule has 0 fully saturated rings. The first-order valence-corrected chi connectivity index (χ1v) is 28.1. The van der Waals surface area contributed by atoms with Crippen LogP contribution in [0.2, 0.25) is 0 Å². The summed E-state index contributed by atoms with van der Waals surface area (Å²) in [6, 6.07) is 32.1. The summed E-state index contributed by atoms with van der Waals surface area (Å²) in [6.45, 7) is 9.62. The van der Waals surface area contributed by atoms with Crippen LogP contribution in [0.25, 0.3) is 11.3 Å². The predicted molar refractivity (Wildman–Crippen MR) is 287 cm³/mol. The van der Waals surface area contributed by atoms with Crippen molar-refractivity contribution in [3.63, 3.8) is 0 Å². The average molecular weight is 1040 g/mol. The molecule has 10 rings (SSSR count). The smallest absolute Gasteiger partial charge is 0.359 e. The van der Waals surface area contributed by atoms with E-state index >= 15 is 4.39 Å². The first-order valence-electron chi connectivity index (χ1n) is 26.5. The SMILES string of the molecule is CC[N+]1=c2cc3c(cc2CCC1)=Nc1cc2c(cc1O3)N(CCCC(=O)NCCCCCCOc1ccc(CC3Nc4c(Cc5ccccc5)nc(-c5ccccc5)c[n+]4C3=O)cc1F)C(C)(C)CC2CS(=O)(=O)O. The monoisotopic (exact) mass is 1040 g/mol. The number of benzene rings is 5. The van der Waals surface area contributed by atoms with Gasteiger partial charge in [0.15, 0.2) is 29.1 Å². The third-order valence-corrected chi connectivity index (χ3v) is 15.8. The highest BCUT2D eigenvalue weighted by Gasteiger charge is 2.42. The lowest BCUT2D eigenvalue weighted by Gasteiger charge is -2.48. The number of carbonyl (C=O) groups excluding carboxylic acids is 2. The molecule has 3 N–H and O–H groups in total. The first kappa shape index (κ1) is 51.4. The highest BCUT2D eigenvalue weighted by molar-refractivity contribution is 7.85. The summed E-state index contributed by atoms with van der Waals surface area (Å²) in [5.41, 5.74) is 7.11. The third kappa shape index (κ3) is 11.8. The van der Waals surface area contributed by atoms with E-state index < -0.39 is 39.2 Å². The van der Waals surface area contributed by atoms with Crippen LogP contribution >= 0.6 is 0 Å². The number of hydrogen-bond acceptors (Lipinski definition) is 10. The quantitative estimate of drug-likeness (QED) is 0.0383. The molecule has 0 bridgehead atoms. The molecule has 4 aliphatic rings. The van der Waals surface area contributed by atoms with Gasteiger partial charge in [-0.05, 0) is 93.8 Å². The lowest BCUT2D eigenvalue weighted by atomic mass is 9.79. The van der Waals surface area contributed by atoms with E-state index in [9.17, 15) is 22.6 Å². The fraction of sp³-hybridized carbons (Fsp3) is 0.390. The van der Waals surface area contributed by atoms with Crippen LogP contribution in [0.5, 0.6) is 17.2 Å². The zero-order valence-electron chi connectivity index (χ0n) is 43.0. The highest BCUT2D eigenvalue weighted by atomic mass is 32.2. The van der Waals surface area contributed by atoms with E-state index in [-0.39, 0.29) is 24.0 Å². The Labute approximate surface area is 438 Å². The van der Waals surface area contributed by atoms with E-state index in [0.717, 1.165) is 85.0 Å². The molecule has 1 aromatic heterocycles. The second-order valence-electron chi connectivity index (χ2n) is 20.9. The van der Waals surface area contributed by atoms with E-state index in [1.807, 2.05) is 72.8 Å². The standard InChI is InChI=1S/C59H64FN7O7S/c1-4-65-26-15-21-42-32-46-54(34-51(42)65)74-55-35-52-44(33-47(55)62-46)43(38-75(70,71)72)36-59(2,3)67(52)27-16-22-56(68)61-25-13-5-6-14-28-73-53-24-23-40(29-45(53)60)31-49-58(69)66-37-50(41-19-11-8-12-20-41)63-48(57(66)64-49)30-39-17-9-7-10-18-39/h7-12,17-20,23-24,29,32-35,37,43,49H,4-6,13-16,21-22,25-28,30-31,36,38H2,1-3H3,(H-,61,68,70,71,72)/p+2. The minimum absolute atomic E-state index is 0.0384. The van der Waals surface area contributed by atoms with Gasteiger partial charge in [-0.3, -0.25) is 14.7 Å². The number of nitrogens with zero attached hydrogens (tertiary/aromatic N) is 5. The van der Waals surface area contributed by atoms with E-state index in [4.69, 9.17) is 19.5 Å². The molecule has 5 aromatic carbocycles. The van der Waals surface area contributed by atoms with Gasteiger partial charge in [0.1, 0.15) is 41.7 Å². The minimum atomic E-state index is -4.28. The van der Waals surface area contributed by atoms with Crippen molar-refractivity contribution in [1.29, 1.82) is 0 Å². The number of unbranched alkanes of at least 4 members (excludes halogenated alkanes) is 3. The Morgan fingerprint density at radius 3 is 2.52 bits per heavy atom. The van der Waals surface area contributed by atoms with Crippen molar-refractivity contribution in [2.24, 2.45) is 4.99 Å². The van der Waals surface area contributed by atoms with Crippen LogP contribution in [0.15, 0.2) is 114 Å². The lowest BCUT2D eigenvalue weighted by Crippen LogP contribution is -2.50. The van der Waals surface area contributed by atoms with Gasteiger partial charge in [0.05, 0.1) is 18.4 Å². The second kappa shape index (κ2) is 22.0. The van der Waals surface area contributed by atoms with Gasteiger partial charge >= 0.3 is 11.7 Å². The summed E-state index contributed by atoms with van der Waals surface area (Å²) in [5.74, 6) is 0.588. The van der Waals surface area contributed by atoms with Crippen LogP contribution in [0.3, 0.4) is 0 Å². The number of ether oxygens (including phenoxy) is 2. The number of aromatic nitrogens is 2. The largest absolute Gasteiger partial charge is 0.491 e. The number of amides is 1. The zero-order valence-corrected chi connectivity index (χ0v) is 43.8. The molecular weight excluding hydrogens is 970 g/mol. The number of halogens is 1. The molecule has 2 unspecified atom stereocenters. The van der Waals surface area contributed by atoms with Gasteiger partial charge in [-0.1, -0.05) is 79.6 Å². The first-order chi connectivity index (χ1) is 36.2. The molecule has 0 radical (unpaired) electrons. The van der Waals surface area contributed by atoms with Gasteiger partial charge in [0, 0.05) is 73.1 Å². The van der Waals surface area contributed by atoms with Crippen LogP contribution in [0.4, 0.5) is 21.6 Å². The molecule has 1 amide bonds. The number of anilines is 2. The topological polar surface area (TPSA) is 166 Å². The van der Waals surface area contributed by atoms with Gasteiger partial charge in [-0.2, -0.15) is 13.0 Å². The fourth-order valence-corrected chi connectivity index (χ4v) is 12.1. The molecule has 6 aromatic rings. The molecule has 0 saturated carbocycles. The maximum atomic E-state index is 15.4. The molecule has 390 valence electrons. The number of aryl methyl sites for hydroxylation is 1. The van der Waals surface area contributed by atoms with Gasteiger partial charge < -0.3 is 19.7 Å². The number of carbonyl (C=O) groups is 2. The van der Waals surface area contributed by atoms with Gasteiger partial charge in [0.25, 0.3) is 10.1 Å². The molecule has 16 heteroatoms. The number of fused-ring (bicyclic) bond motifs is 5. The maximum Gasteiger partial charge on any atom is 0.359 e. The Balaban J connectivity index is 0.679. The minimum Gasteiger partial charge on any atom is -0.491 e. The van der Waals surface area contributed by atoms with Crippen molar-refractivity contribution in [2.75, 3.05) is 48.8 Å². The molecule has 2 atom stereocenters. The second-order valence-corrected chi connectivity index (χ2v) is 22.4. The molecule has 0 aliphatic carbocycles. The normalized spacial score (nSPS) is 17.1. The highest BCUT2D eigenvalue weighted by Crippen LogP contribution is 2.49. The van der Waals surface area contributed by atoms with Gasteiger partial charge in [0.2, 0.25) is 11.3 Å². The number of nitrogens with one attached hydrogen (secondary N) is 2. The van der Waals surface area contributed by atoms with Crippen molar-refractivity contribution in [2.45, 2.75) is 109 Å². The predicted octanol–water partition coefficient (Wildman–Crippen LogP) is 8.45. The average Bonchev–Trinajstić information content (AvgIpc) is 3.74. The summed E-state index contributed by atoms with van der Waals surface area (Å²) in [5, 5.41) is 8.38. The van der Waals surface area contributed by atoms with Crippen molar-refractivity contribution >= 4 is 39.1 Å². The maximum absolute atomic E-state index is 15.4. The third-order valence-electron chi connectivity index (χ3n) is 15.0. The van der Waals surface area contributed by atoms with Crippen molar-refractivity contribution in [3.8, 4) is 28.5 Å². The Morgan fingerprint density at radius 2 is 1.75 bits per heavy atom. The Kier molecular flexibility index (Phi) is 15.1. The molecule has 75 heavy (non-hydrogen) atoms. The van der Waals surface area contributed by atoms with Crippen molar-refractivity contribution in [1.82, 2.24) is 14.9 Å². The Bertz CT molecular complexity index is 3380. The van der Waals surface area contributed by atoms with Crippen LogP contribution in [-0.4, -0.2) is 79.9 Å². The van der Waals surface area contributed by atoms with Gasteiger partial charge in [-0.25, -0.2) is 23.7 Å². The summed E-state index contributed by atoms with van der Waals surface area (Å²) < 4.78 is 66.4. The molecule has 14 nitrogen and oxygen atoms in total. The molecule has 0 saturated heterocycles. The summed E-state index contributed by atoms with van der Waals surface area (Å²) in [7, 11) is -4.28. The zero-order chi connectivity index (χ0) is 52.3. The molecule has 5 heterocycles. The molecular formula is C59H66FN7O7S+2. The summed E-state index contributed by atoms with van der Waals surface area (Å²) in [4.78, 5) is 39.1. The van der Waals surface area contributed by atoms with Crippen LogP contribution in [0.1, 0.15) is 111 Å². The van der Waals surface area contributed by atoms with Crippen LogP contribution in [0, 0.1) is 5.82 Å². The summed E-state index contributed by atoms with van der Waals surface area (Å²) in [6.07, 6.45) is 9.27. The Morgan fingerprint density at radius 1 is 0.960 bits per heavy atom. The lowest BCUT2D eigenvalue weighted by molar-refractivity contribution is -0.552. The summed E-state index contributed by atoms with van der Waals surface area (Å²) >= 11 is 0. The molecule has 4 aliphatic heterocycles. The van der Waals surface area contributed by atoms with Crippen LogP contribution < -0.4 is 44.9 Å². The fourth-order valence-electron chi connectivity index (χ4n) is 11.3. The van der Waals surface area contributed by atoms with Crippen LogP contribution in [-0.2, 0) is 34.2 Å².